The quantitative estimate of drug-likeness (QED) is 0.315. The van der Waals surface area contributed by atoms with E-state index in [1.807, 2.05) is 0 Å². The summed E-state index contributed by atoms with van der Waals surface area (Å²) < 4.78 is 18.2. The predicted octanol–water partition coefficient (Wildman–Crippen LogP) is 5.31. The summed E-state index contributed by atoms with van der Waals surface area (Å²) in [4.78, 5) is 0. The second-order valence-corrected chi connectivity index (χ2v) is 31.6. The maximum atomic E-state index is 4.56. The van der Waals surface area contributed by atoms with Gasteiger partial charge in [-0.1, -0.05) is 176 Å². The smallest absolute Gasteiger partial charge is 0.672 e. The van der Waals surface area contributed by atoms with Crippen LogP contribution in [-0.4, -0.2) is 71.7 Å². The molecule has 0 aliphatic rings. The average Bonchev–Trinajstić information content (AvgIpc) is 2.32. The Balaban J connectivity index is -0.0000000873. The van der Waals surface area contributed by atoms with Crippen LogP contribution in [0.15, 0.2) is 0 Å². The molecule has 0 saturated heterocycles. The van der Waals surface area contributed by atoms with Gasteiger partial charge in [0.15, 0.2) is 0 Å². The van der Waals surface area contributed by atoms with E-state index in [9.17, 15) is 0 Å². The first kappa shape index (κ1) is 42.1. The van der Waals surface area contributed by atoms with Crippen LogP contribution < -0.4 is 0 Å². The number of rotatable bonds is 8. The fourth-order valence-electron chi connectivity index (χ4n) is 2.39. The van der Waals surface area contributed by atoms with Crippen molar-refractivity contribution in [3.05, 3.63) is 18.6 Å². The third-order valence-electron chi connectivity index (χ3n) is 2.39. The average molecular weight is 669 g/mol. The molecular formula is C16H56CeN4Si8. The van der Waals surface area contributed by atoms with Gasteiger partial charge in [0.25, 0.3) is 0 Å². The molecule has 0 aromatic heterocycles. The van der Waals surface area contributed by atoms with Crippen LogP contribution in [0.1, 0.15) is 0 Å². The van der Waals surface area contributed by atoms with E-state index in [4.69, 9.17) is 0 Å². The molecule has 29 heavy (non-hydrogen) atoms. The van der Waals surface area contributed by atoms with E-state index in [0.717, 1.165) is 0 Å². The molecule has 13 heteroatoms. The first-order chi connectivity index (χ1) is 12.5. The van der Waals surface area contributed by atoms with E-state index in [1.54, 1.807) is 0 Å². The van der Waals surface area contributed by atoms with Gasteiger partial charge < -0.3 is 18.6 Å². The molecule has 4 nitrogen and oxygen atoms in total. The van der Waals surface area contributed by atoms with Crippen LogP contribution in [-0.2, 0) is 0 Å². The molecule has 0 radical (unpaired) electrons. The molecule has 0 bridgehead atoms. The Labute approximate surface area is 234 Å². The first-order valence-corrected chi connectivity index (χ1v) is 33.9. The van der Waals surface area contributed by atoms with Gasteiger partial charge in [-0.15, -0.1) is 0 Å². The van der Waals surface area contributed by atoms with Gasteiger partial charge in [-0.2, -0.15) is 0 Å². The van der Waals surface area contributed by atoms with Gasteiger partial charge in [-0.3, -0.25) is 0 Å². The first-order valence-electron chi connectivity index (χ1n) is 11.3. The van der Waals surface area contributed by atoms with Crippen LogP contribution in [0, 0.1) is 41.7 Å². The Hall–Kier alpha value is 2.95. The van der Waals surface area contributed by atoms with E-state index in [0.29, 0.717) is 0 Å². The maximum absolute atomic E-state index is 4.56. The van der Waals surface area contributed by atoms with Crippen LogP contribution >= 0.6 is 0 Å². The second-order valence-electron chi connectivity index (χ2n) is 9.35. The van der Waals surface area contributed by atoms with E-state index in [2.05, 4.69) is 123 Å². The summed E-state index contributed by atoms with van der Waals surface area (Å²) in [6, 6.07) is 0. The molecule has 0 amide bonds. The van der Waals surface area contributed by atoms with Crippen molar-refractivity contribution in [3.8, 4) is 0 Å². The fraction of sp³-hybridized carbons (Fsp3) is 1.00. The second kappa shape index (κ2) is 29.0. The zero-order valence-electron chi connectivity index (χ0n) is 22.9. The monoisotopic (exact) mass is 668 g/mol. The van der Waals surface area contributed by atoms with E-state index < -0.39 is 71.7 Å². The Bertz CT molecular complexity index is 218. The van der Waals surface area contributed by atoms with Crippen molar-refractivity contribution in [3.63, 3.8) is 0 Å². The molecule has 0 rings (SSSR count). The summed E-state index contributed by atoms with van der Waals surface area (Å²) in [5.41, 5.74) is 0. The van der Waals surface area contributed by atoms with E-state index in [1.165, 1.54) is 0 Å². The van der Waals surface area contributed by atoms with Crippen LogP contribution in [0.2, 0.25) is 105 Å². The molecule has 0 aliphatic carbocycles. The fourth-order valence-corrected chi connectivity index (χ4v) is 21.5. The molecule has 0 aromatic rings. The van der Waals surface area contributed by atoms with Gasteiger partial charge in [0.2, 0.25) is 0 Å². The summed E-state index contributed by atoms with van der Waals surface area (Å²) in [5, 5.41) is 0. The van der Waals surface area contributed by atoms with Crippen molar-refractivity contribution in [2.75, 3.05) is 0 Å². The van der Waals surface area contributed by atoms with Gasteiger partial charge in [0.05, 0.1) is 0 Å². The van der Waals surface area contributed by atoms with Gasteiger partial charge >= 0.3 is 41.7 Å². The molecule has 0 atom stereocenters. The molecule has 0 unspecified atom stereocenters. The topological polar surface area (TPSA) is 56.4 Å². The van der Waals surface area contributed by atoms with Crippen molar-refractivity contribution in [1.29, 1.82) is 0 Å². The van der Waals surface area contributed by atoms with Crippen molar-refractivity contribution in [2.24, 2.45) is 0 Å². The van der Waals surface area contributed by atoms with Crippen LogP contribution in [0.3, 0.4) is 0 Å². The van der Waals surface area contributed by atoms with Crippen molar-refractivity contribution in [1.82, 2.24) is 0 Å². The SMILES string of the molecule is C[SiH](C)[N-][SiH](C)C.C[SiH](C)[N-][SiH](C)C.C[SiH](C)[N-][SiH](C)C.C[SiH](C)[N-][SiH](C)C.[Ce+4]. The molecular weight excluding hydrogens is 613 g/mol. The van der Waals surface area contributed by atoms with Gasteiger partial charge in [0.1, 0.15) is 0 Å². The zero-order valence-corrected chi connectivity index (χ0v) is 35.3. The zero-order chi connectivity index (χ0) is 23.4. The Morgan fingerprint density at radius 1 is 0.241 bits per heavy atom. The van der Waals surface area contributed by atoms with Crippen molar-refractivity contribution < 1.29 is 41.7 Å². The Morgan fingerprint density at radius 3 is 0.310 bits per heavy atom. The number of hydrogen-bond donors (Lipinski definition) is 0. The summed E-state index contributed by atoms with van der Waals surface area (Å²) in [6.07, 6.45) is 0. The summed E-state index contributed by atoms with van der Waals surface area (Å²) in [5.74, 6) is 0. The third-order valence-corrected chi connectivity index (χ3v) is 21.5. The molecule has 0 heterocycles. The molecule has 0 fully saturated rings. The third kappa shape index (κ3) is 72.2. The summed E-state index contributed by atoms with van der Waals surface area (Å²) >= 11 is 0. The molecule has 0 aliphatic heterocycles. The van der Waals surface area contributed by atoms with Crippen molar-refractivity contribution in [2.45, 2.75) is 105 Å². The Kier molecular flexibility index (Phi) is 42.1. The minimum Gasteiger partial charge on any atom is -0.672 e. The van der Waals surface area contributed by atoms with Crippen LogP contribution in [0.5, 0.6) is 0 Å². The summed E-state index contributed by atoms with van der Waals surface area (Å²) in [6.45, 7) is 36.3. The molecule has 0 N–H and O–H groups in total. The van der Waals surface area contributed by atoms with E-state index >= 15 is 0 Å². The van der Waals surface area contributed by atoms with Crippen LogP contribution in [0.25, 0.3) is 18.6 Å². The van der Waals surface area contributed by atoms with Crippen LogP contribution in [0.4, 0.5) is 0 Å². The van der Waals surface area contributed by atoms with Gasteiger partial charge in [-0.05, 0) is 0 Å². The molecule has 0 aromatic carbocycles. The number of nitrogens with zero attached hydrogens (tertiary/aromatic N) is 4. The van der Waals surface area contributed by atoms with Gasteiger partial charge in [0, 0.05) is 0 Å². The normalized spacial score (nSPS) is 10.8. The largest absolute Gasteiger partial charge is 4.00 e. The predicted molar refractivity (Wildman–Crippen MR) is 164 cm³/mol. The minimum atomic E-state index is -0.542. The van der Waals surface area contributed by atoms with Crippen molar-refractivity contribution >= 4 is 71.7 Å². The minimum absolute atomic E-state index is 0. The number of hydrogen-bond acceptors (Lipinski definition) is 0. The standard InChI is InChI=1S/4C4H14NSi2.Ce/c4*1-6(2)5-7(3)4;/h4*6-7H,1-4H3;/q4*-1;+4. The molecule has 176 valence electrons. The van der Waals surface area contributed by atoms with E-state index in [-0.39, 0.29) is 41.7 Å². The Morgan fingerprint density at radius 2 is 0.310 bits per heavy atom. The summed E-state index contributed by atoms with van der Waals surface area (Å²) in [7, 11) is -4.33. The van der Waals surface area contributed by atoms with Gasteiger partial charge in [-0.25, -0.2) is 0 Å². The maximum Gasteiger partial charge on any atom is 4.00 e. The molecule has 0 saturated carbocycles. The molecule has 0 spiro atoms.